The first-order valence-corrected chi connectivity index (χ1v) is 2.88. The topological polar surface area (TPSA) is 308 Å². The van der Waals surface area contributed by atoms with E-state index in [9.17, 15) is 0 Å². The first kappa shape index (κ1) is 36.2. The Morgan fingerprint density at radius 3 is 0.476 bits per heavy atom. The molecule has 8 N–H and O–H groups in total. The Morgan fingerprint density at radius 1 is 0.476 bits per heavy atom. The quantitative estimate of drug-likeness (QED) is 0.104. The monoisotopic (exact) mass is 483 g/mol. The minimum absolute atomic E-state index is 0. The van der Waals surface area contributed by atoms with Gasteiger partial charge in [0.25, 0.3) is 10.2 Å². The van der Waals surface area contributed by atoms with Crippen molar-refractivity contribution in [2.45, 2.75) is 0 Å². The summed E-state index contributed by atoms with van der Waals surface area (Å²) in [6.07, 6.45) is 0. The second-order valence-corrected chi connectivity index (χ2v) is 1.23. The van der Waals surface area contributed by atoms with Crippen molar-refractivity contribution < 1.29 is 105 Å². The Bertz CT molecular complexity index is 207. The van der Waals surface area contributed by atoms with Gasteiger partial charge in [-0.3, -0.25) is 0 Å². The molecule has 0 aliphatic rings. The van der Waals surface area contributed by atoms with Crippen LogP contribution in [0.25, 0.3) is 0 Å². The molecular formula is H8HoN5O15+3. The molecule has 0 aliphatic carbocycles. The van der Waals surface area contributed by atoms with Crippen LogP contribution in [0.4, 0.5) is 0 Å². The van der Waals surface area contributed by atoms with Crippen LogP contribution < -0.4 is 0 Å². The van der Waals surface area contributed by atoms with Gasteiger partial charge in [-0.15, -0.1) is 20.2 Å². The van der Waals surface area contributed by atoms with Gasteiger partial charge in [0.1, 0.15) is 14.7 Å². The second-order valence-electron chi connectivity index (χ2n) is 1.23. The summed E-state index contributed by atoms with van der Waals surface area (Å²) in [5.74, 6) is 0. The zero-order valence-electron chi connectivity index (χ0n) is 8.97. The van der Waals surface area contributed by atoms with Gasteiger partial charge in [0.15, 0.2) is 0 Å². The number of nitrogens with zero attached hydrogens (tertiary/aromatic N) is 5. The van der Waals surface area contributed by atoms with E-state index in [0.717, 1.165) is 0 Å². The maximum atomic E-state index is 8.47. The SMILES string of the molecule is O=[N+](O)O.O=[N+](O)O.O=[N+](O)O.O=[N+]([O-])O.O=[N+]([O-])O.[Ho]. The average molecular weight is 483 g/mol. The predicted molar refractivity (Wildman–Crippen MR) is 39.2 cm³/mol. The van der Waals surface area contributed by atoms with Crippen LogP contribution in [0.5, 0.6) is 0 Å². The van der Waals surface area contributed by atoms with Crippen LogP contribution in [0, 0.1) is 72.7 Å². The van der Waals surface area contributed by atoms with Crippen molar-refractivity contribution in [3.8, 4) is 0 Å². The first-order valence-electron chi connectivity index (χ1n) is 2.88. The summed E-state index contributed by atoms with van der Waals surface area (Å²) in [5, 5.41) is 64.9. The zero-order chi connectivity index (χ0) is 17.9. The third kappa shape index (κ3) is 535. The molecule has 0 unspecified atom stereocenters. The molecule has 0 saturated carbocycles. The van der Waals surface area contributed by atoms with Crippen molar-refractivity contribution >= 4 is 0 Å². The van der Waals surface area contributed by atoms with E-state index >= 15 is 0 Å². The maximum Gasteiger partial charge on any atom is 0.472 e. The molecule has 0 fully saturated rings. The molecule has 0 aromatic carbocycles. The molecule has 0 heterocycles. The standard InChI is InChI=1S/Ho.3H2NO3.2HNO3/c;5*2-1(3)4/h;3*(H2,2,3,4);2*(H,2,3,4)/q;3*+1;;. The van der Waals surface area contributed by atoms with E-state index in [1.807, 2.05) is 0 Å². The van der Waals surface area contributed by atoms with Gasteiger partial charge >= 0.3 is 15.3 Å². The molecule has 0 saturated heterocycles. The van der Waals surface area contributed by atoms with E-state index in [1.54, 1.807) is 0 Å². The Morgan fingerprint density at radius 2 is 0.476 bits per heavy atom. The van der Waals surface area contributed by atoms with E-state index in [4.69, 9.17) is 76.6 Å². The molecule has 0 atom stereocenters. The number of hydrogen-bond acceptors (Lipinski definition) is 7. The minimum atomic E-state index is -1.50. The van der Waals surface area contributed by atoms with Crippen LogP contribution in [0.2, 0.25) is 0 Å². The summed E-state index contributed by atoms with van der Waals surface area (Å²) in [6, 6.07) is 0. The third-order valence-electron chi connectivity index (χ3n) is 0. The summed E-state index contributed by atoms with van der Waals surface area (Å²) >= 11 is 0. The van der Waals surface area contributed by atoms with Crippen molar-refractivity contribution in [2.24, 2.45) is 0 Å². The summed E-state index contributed by atoms with van der Waals surface area (Å²) in [7, 11) is 0. The molecule has 1 radical (unpaired) electrons. The van der Waals surface area contributed by atoms with Gasteiger partial charge in [0.2, 0.25) is 0 Å². The van der Waals surface area contributed by atoms with Crippen molar-refractivity contribution in [1.82, 2.24) is 0 Å². The predicted octanol–water partition coefficient (Wildman–Crippen LogP) is -2.06. The Labute approximate surface area is 140 Å². The van der Waals surface area contributed by atoms with Crippen molar-refractivity contribution in [3.63, 3.8) is 0 Å². The Balaban J connectivity index is -0.0000000331. The summed E-state index contributed by atoms with van der Waals surface area (Å²) in [6.45, 7) is 0. The van der Waals surface area contributed by atoms with Crippen LogP contribution in [0.3, 0.4) is 0 Å². The van der Waals surface area contributed by atoms with Gasteiger partial charge in [-0.2, -0.15) is 0 Å². The minimum Gasteiger partial charge on any atom is -0.328 e. The Kier molecular flexibility index (Phi) is 52.3. The van der Waals surface area contributed by atoms with Gasteiger partial charge in [-0.1, -0.05) is 0 Å². The molecule has 21 heteroatoms. The summed E-state index contributed by atoms with van der Waals surface area (Å²) < 4.78 is 0. The van der Waals surface area contributed by atoms with Crippen LogP contribution in [0.15, 0.2) is 0 Å². The van der Waals surface area contributed by atoms with Crippen molar-refractivity contribution in [3.05, 3.63) is 34.9 Å². The molecule has 0 spiro atoms. The fourth-order valence-corrected chi connectivity index (χ4v) is 0. The van der Waals surface area contributed by atoms with Crippen molar-refractivity contribution in [1.29, 1.82) is 0 Å². The van der Waals surface area contributed by atoms with E-state index in [-0.39, 0.29) is 37.7 Å². The van der Waals surface area contributed by atoms with Gasteiger partial charge in [0, 0.05) is 37.7 Å². The fraction of sp³-hybridized carbons (Fsp3) is 0. The molecule has 20 nitrogen and oxygen atoms in total. The largest absolute Gasteiger partial charge is 0.472 e. The maximum absolute atomic E-state index is 8.47. The smallest absolute Gasteiger partial charge is 0.328 e. The Hall–Kier alpha value is -2.74. The molecular weight excluding hydrogens is 475 g/mol. The zero-order valence-corrected chi connectivity index (χ0v) is 10.9. The molecule has 0 amide bonds. The molecule has 21 heavy (non-hydrogen) atoms. The fourth-order valence-electron chi connectivity index (χ4n) is 0. The van der Waals surface area contributed by atoms with E-state index in [0.29, 0.717) is 0 Å². The average Bonchev–Trinajstić information content (AvgIpc) is 1.94. The molecule has 131 valence electrons. The number of hydrogen-bond donors (Lipinski definition) is 8. The molecule has 0 aromatic heterocycles. The molecule has 0 aliphatic heterocycles. The van der Waals surface area contributed by atoms with Crippen molar-refractivity contribution in [2.75, 3.05) is 0 Å². The van der Waals surface area contributed by atoms with Gasteiger partial charge in [-0.25, -0.2) is 31.2 Å². The van der Waals surface area contributed by atoms with Gasteiger partial charge < -0.3 is 10.4 Å². The van der Waals surface area contributed by atoms with Gasteiger partial charge in [-0.05, 0) is 0 Å². The molecule has 0 rings (SSSR count). The first-order chi connectivity index (χ1) is 8.66. The molecule has 0 aromatic rings. The van der Waals surface area contributed by atoms with Gasteiger partial charge in [0.05, 0.1) is 0 Å². The van der Waals surface area contributed by atoms with Crippen LogP contribution >= 0.6 is 0 Å². The third-order valence-corrected chi connectivity index (χ3v) is 0. The van der Waals surface area contributed by atoms with E-state index in [2.05, 4.69) is 0 Å². The summed E-state index contributed by atoms with van der Waals surface area (Å²) in [4.78, 5) is 42.1. The summed E-state index contributed by atoms with van der Waals surface area (Å²) in [5.41, 5.74) is 0. The van der Waals surface area contributed by atoms with E-state index in [1.165, 1.54) is 0 Å². The second kappa shape index (κ2) is 30.4. The van der Waals surface area contributed by atoms with Crippen LogP contribution in [0.1, 0.15) is 0 Å². The normalized spacial score (nSPS) is 5.71. The van der Waals surface area contributed by atoms with Crippen LogP contribution in [-0.2, 0) is 0 Å². The van der Waals surface area contributed by atoms with E-state index < -0.39 is 25.4 Å². The molecule has 0 bridgehead atoms. The van der Waals surface area contributed by atoms with Crippen LogP contribution in [-0.4, -0.2) is 67.1 Å². The number of rotatable bonds is 0.